The Morgan fingerprint density at radius 3 is 2.65 bits per heavy atom. The highest BCUT2D eigenvalue weighted by Crippen LogP contribution is 2.27. The number of nitrogens with one attached hydrogen (secondary N) is 2. The summed E-state index contributed by atoms with van der Waals surface area (Å²) in [5, 5.41) is 7.19. The van der Waals surface area contributed by atoms with Gasteiger partial charge in [0.05, 0.1) is 12.8 Å². The molecule has 6 heteroatoms. The number of rotatable bonds is 6. The molecule has 0 fully saturated rings. The first kappa shape index (κ1) is 14.5. The first-order valence-electron chi connectivity index (χ1n) is 6.33. The van der Waals surface area contributed by atoms with Crippen LogP contribution in [0.5, 0.6) is 5.75 Å². The summed E-state index contributed by atoms with van der Waals surface area (Å²) in [5.41, 5.74) is 0.878. The molecule has 0 amide bonds. The molecule has 0 unspecified atom stereocenters. The van der Waals surface area contributed by atoms with Crippen LogP contribution in [0.15, 0.2) is 35.5 Å². The van der Waals surface area contributed by atoms with E-state index in [1.807, 2.05) is 43.5 Å². The highest BCUT2D eigenvalue weighted by molar-refractivity contribution is 7.98. The number of aromatic nitrogens is 2. The maximum atomic E-state index is 5.33. The van der Waals surface area contributed by atoms with Gasteiger partial charge in [-0.15, -0.1) is 0 Å². The van der Waals surface area contributed by atoms with Crippen molar-refractivity contribution in [3.63, 3.8) is 0 Å². The molecule has 0 aliphatic heterocycles. The third kappa shape index (κ3) is 3.54. The van der Waals surface area contributed by atoms with Crippen molar-refractivity contribution in [3.8, 4) is 5.75 Å². The first-order valence-corrected chi connectivity index (χ1v) is 7.56. The van der Waals surface area contributed by atoms with Crippen LogP contribution in [0.3, 0.4) is 0 Å². The molecule has 0 saturated carbocycles. The summed E-state index contributed by atoms with van der Waals surface area (Å²) in [4.78, 5) is 8.85. The predicted molar refractivity (Wildman–Crippen MR) is 84.3 cm³/mol. The minimum atomic E-state index is 0.723. The zero-order valence-electron chi connectivity index (χ0n) is 11.8. The smallest absolute Gasteiger partial charge is 0.191 e. The second-order valence-corrected chi connectivity index (χ2v) is 4.75. The van der Waals surface area contributed by atoms with E-state index in [4.69, 9.17) is 4.74 Å². The van der Waals surface area contributed by atoms with Crippen molar-refractivity contribution in [2.45, 2.75) is 12.1 Å². The van der Waals surface area contributed by atoms with Gasteiger partial charge in [0.2, 0.25) is 0 Å². The molecule has 2 aromatic rings. The maximum absolute atomic E-state index is 5.33. The van der Waals surface area contributed by atoms with Crippen LogP contribution in [0, 0.1) is 0 Å². The molecule has 0 radical (unpaired) electrons. The molecule has 5 nitrogen and oxygen atoms in total. The van der Waals surface area contributed by atoms with Crippen molar-refractivity contribution < 1.29 is 4.74 Å². The van der Waals surface area contributed by atoms with E-state index >= 15 is 0 Å². The zero-order chi connectivity index (χ0) is 14.4. The van der Waals surface area contributed by atoms with E-state index in [0.29, 0.717) is 0 Å². The highest BCUT2D eigenvalue weighted by atomic mass is 32.2. The van der Waals surface area contributed by atoms with Gasteiger partial charge in [0, 0.05) is 12.6 Å². The molecule has 0 aliphatic rings. The van der Waals surface area contributed by atoms with Gasteiger partial charge < -0.3 is 15.4 Å². The Hall–Kier alpha value is -1.95. The summed E-state index contributed by atoms with van der Waals surface area (Å²) in [6, 6.07) is 9.63. The Morgan fingerprint density at radius 2 is 1.95 bits per heavy atom. The second-order valence-electron chi connectivity index (χ2n) is 3.98. The van der Waals surface area contributed by atoms with Gasteiger partial charge >= 0.3 is 0 Å². The number of para-hydroxylation sites is 2. The Labute approximate surface area is 123 Å². The Morgan fingerprint density at radius 1 is 1.20 bits per heavy atom. The minimum Gasteiger partial charge on any atom is -0.495 e. The molecule has 1 aromatic carbocycles. The molecule has 0 bridgehead atoms. The Kier molecular flexibility index (Phi) is 5.06. The van der Waals surface area contributed by atoms with Crippen LogP contribution in [0.25, 0.3) is 0 Å². The number of ether oxygens (including phenoxy) is 1. The summed E-state index contributed by atoms with van der Waals surface area (Å²) in [6.07, 6.45) is 1.96. The van der Waals surface area contributed by atoms with Gasteiger partial charge in [0.25, 0.3) is 0 Å². The van der Waals surface area contributed by atoms with Crippen molar-refractivity contribution in [2.75, 3.05) is 30.5 Å². The summed E-state index contributed by atoms with van der Waals surface area (Å²) in [7, 11) is 1.65. The Balaban J connectivity index is 2.30. The van der Waals surface area contributed by atoms with Crippen LogP contribution in [0.1, 0.15) is 6.92 Å². The lowest BCUT2D eigenvalue weighted by atomic mass is 10.3. The van der Waals surface area contributed by atoms with Crippen LogP contribution >= 0.6 is 11.8 Å². The van der Waals surface area contributed by atoms with E-state index in [0.717, 1.165) is 34.8 Å². The number of anilines is 3. The average Bonchev–Trinajstić information content (AvgIpc) is 2.48. The fraction of sp³-hybridized carbons (Fsp3) is 0.286. The van der Waals surface area contributed by atoms with E-state index in [9.17, 15) is 0 Å². The highest BCUT2D eigenvalue weighted by Gasteiger charge is 2.06. The molecule has 2 N–H and O–H groups in total. The van der Waals surface area contributed by atoms with Crippen LogP contribution in [0.2, 0.25) is 0 Å². The van der Waals surface area contributed by atoms with Crippen LogP contribution < -0.4 is 15.4 Å². The quantitative estimate of drug-likeness (QED) is 0.628. The molecule has 0 spiro atoms. The third-order valence-electron chi connectivity index (χ3n) is 2.62. The molecule has 2 rings (SSSR count). The van der Waals surface area contributed by atoms with Crippen molar-refractivity contribution in [1.82, 2.24) is 9.97 Å². The van der Waals surface area contributed by atoms with E-state index in [2.05, 4.69) is 20.6 Å². The van der Waals surface area contributed by atoms with Crippen molar-refractivity contribution in [3.05, 3.63) is 30.3 Å². The molecule has 1 aromatic heterocycles. The van der Waals surface area contributed by atoms with Gasteiger partial charge in [-0.05, 0) is 25.3 Å². The van der Waals surface area contributed by atoms with Gasteiger partial charge in [-0.3, -0.25) is 0 Å². The minimum absolute atomic E-state index is 0.723. The SMILES string of the molecule is CCNc1cc(Nc2ccccc2OC)nc(SC)n1. The van der Waals surface area contributed by atoms with Crippen molar-refractivity contribution in [1.29, 1.82) is 0 Å². The fourth-order valence-corrected chi connectivity index (χ4v) is 2.12. The average molecular weight is 290 g/mol. The number of hydrogen-bond donors (Lipinski definition) is 2. The molecule has 0 aliphatic carbocycles. The number of thioether (sulfide) groups is 1. The lowest BCUT2D eigenvalue weighted by Gasteiger charge is -2.12. The van der Waals surface area contributed by atoms with E-state index < -0.39 is 0 Å². The summed E-state index contributed by atoms with van der Waals surface area (Å²) >= 11 is 1.51. The number of hydrogen-bond acceptors (Lipinski definition) is 6. The standard InChI is InChI=1S/C14H18N4OS/c1-4-15-12-9-13(18-14(17-12)20-3)16-10-7-5-6-8-11(10)19-2/h5-9H,4H2,1-3H3,(H2,15,16,17,18). The van der Waals surface area contributed by atoms with E-state index in [1.54, 1.807) is 7.11 Å². The van der Waals surface area contributed by atoms with Gasteiger partial charge in [-0.25, -0.2) is 9.97 Å². The predicted octanol–water partition coefficient (Wildman–Crippen LogP) is 3.38. The number of benzene rings is 1. The van der Waals surface area contributed by atoms with Crippen LogP contribution in [0.4, 0.5) is 17.3 Å². The van der Waals surface area contributed by atoms with Gasteiger partial charge in [-0.1, -0.05) is 23.9 Å². The first-order chi connectivity index (χ1) is 9.76. The Bertz CT molecular complexity index is 577. The molecular formula is C14H18N4OS. The molecule has 1 heterocycles. The van der Waals surface area contributed by atoms with Gasteiger partial charge in [0.1, 0.15) is 17.4 Å². The van der Waals surface area contributed by atoms with Gasteiger partial charge in [-0.2, -0.15) is 0 Å². The maximum Gasteiger partial charge on any atom is 0.191 e. The fourth-order valence-electron chi connectivity index (χ4n) is 1.74. The van der Waals surface area contributed by atoms with E-state index in [1.165, 1.54) is 11.8 Å². The largest absolute Gasteiger partial charge is 0.495 e. The van der Waals surface area contributed by atoms with Crippen LogP contribution in [-0.2, 0) is 0 Å². The van der Waals surface area contributed by atoms with E-state index in [-0.39, 0.29) is 0 Å². The second kappa shape index (κ2) is 7.00. The molecule has 0 atom stereocenters. The summed E-state index contributed by atoms with van der Waals surface area (Å²) in [6.45, 7) is 2.85. The van der Waals surface area contributed by atoms with Crippen molar-refractivity contribution >= 4 is 29.1 Å². The molecule has 0 saturated heterocycles. The number of nitrogens with zero attached hydrogens (tertiary/aromatic N) is 2. The lowest BCUT2D eigenvalue weighted by Crippen LogP contribution is -2.04. The molecule has 106 valence electrons. The number of methoxy groups -OCH3 is 1. The molecule has 20 heavy (non-hydrogen) atoms. The van der Waals surface area contributed by atoms with Crippen LogP contribution in [-0.4, -0.2) is 29.9 Å². The third-order valence-corrected chi connectivity index (χ3v) is 3.16. The summed E-state index contributed by atoms with van der Waals surface area (Å²) < 4.78 is 5.33. The molecular weight excluding hydrogens is 272 g/mol. The monoisotopic (exact) mass is 290 g/mol. The zero-order valence-corrected chi connectivity index (χ0v) is 12.6. The summed E-state index contributed by atoms with van der Waals surface area (Å²) in [5.74, 6) is 2.33. The normalized spacial score (nSPS) is 10.2. The van der Waals surface area contributed by atoms with Gasteiger partial charge in [0.15, 0.2) is 5.16 Å². The van der Waals surface area contributed by atoms with Crippen molar-refractivity contribution in [2.24, 2.45) is 0 Å². The topological polar surface area (TPSA) is 59.1 Å². The lowest BCUT2D eigenvalue weighted by molar-refractivity contribution is 0.417.